The summed E-state index contributed by atoms with van der Waals surface area (Å²) < 4.78 is 0. The van der Waals surface area contributed by atoms with Gasteiger partial charge in [0.1, 0.15) is 0 Å². The van der Waals surface area contributed by atoms with E-state index >= 15 is 0 Å². The fourth-order valence-corrected chi connectivity index (χ4v) is 1.30. The highest BCUT2D eigenvalue weighted by Gasteiger charge is 2.02. The first kappa shape index (κ1) is 13.0. The minimum absolute atomic E-state index is 0.105. The van der Waals surface area contributed by atoms with Crippen LogP contribution in [0.5, 0.6) is 0 Å². The molecule has 6 heteroatoms. The lowest BCUT2D eigenvalue weighted by molar-refractivity contribution is -0.116. The molecular formula is C11H16N4O2. The third-order valence-corrected chi connectivity index (χ3v) is 2.02. The third kappa shape index (κ3) is 4.98. The number of urea groups is 1. The second-order valence-electron chi connectivity index (χ2n) is 3.51. The maximum Gasteiger partial charge on any atom is 0.316 e. The number of primary amides is 1. The molecule has 0 heterocycles. The topological polar surface area (TPSA) is 110 Å². The summed E-state index contributed by atoms with van der Waals surface area (Å²) in [6, 6.07) is 6.11. The van der Waals surface area contributed by atoms with Crippen molar-refractivity contribution in [3.05, 3.63) is 24.3 Å². The van der Waals surface area contributed by atoms with Crippen LogP contribution in [0.2, 0.25) is 0 Å². The molecule has 0 saturated heterocycles. The molecule has 17 heavy (non-hydrogen) atoms. The molecule has 0 spiro atoms. The number of carbonyl (C=O) groups is 2. The van der Waals surface area contributed by atoms with Crippen molar-refractivity contribution in [1.82, 2.24) is 0 Å². The SMILES string of the molecule is NCCCC(=O)Nc1cccc(NC(N)=O)c1. The molecule has 0 aliphatic rings. The van der Waals surface area contributed by atoms with Crippen LogP contribution in [0.25, 0.3) is 0 Å². The van der Waals surface area contributed by atoms with Gasteiger partial charge in [-0.15, -0.1) is 0 Å². The minimum Gasteiger partial charge on any atom is -0.351 e. The van der Waals surface area contributed by atoms with Crippen LogP contribution >= 0.6 is 0 Å². The molecule has 0 atom stereocenters. The summed E-state index contributed by atoms with van der Waals surface area (Å²) in [6.45, 7) is 0.483. The van der Waals surface area contributed by atoms with Crippen molar-refractivity contribution >= 4 is 23.3 Å². The molecule has 1 rings (SSSR count). The molecule has 0 bridgehead atoms. The number of nitrogens with one attached hydrogen (secondary N) is 2. The van der Waals surface area contributed by atoms with E-state index in [9.17, 15) is 9.59 Å². The number of carbonyl (C=O) groups excluding carboxylic acids is 2. The van der Waals surface area contributed by atoms with Crippen LogP contribution in [0.1, 0.15) is 12.8 Å². The van der Waals surface area contributed by atoms with Gasteiger partial charge in [-0.25, -0.2) is 4.79 Å². The second kappa shape index (κ2) is 6.49. The molecule has 1 aromatic carbocycles. The van der Waals surface area contributed by atoms with Gasteiger partial charge in [0.2, 0.25) is 5.91 Å². The van der Waals surface area contributed by atoms with Gasteiger partial charge in [-0.2, -0.15) is 0 Å². The van der Waals surface area contributed by atoms with E-state index in [1.165, 1.54) is 0 Å². The molecule has 0 saturated carbocycles. The second-order valence-corrected chi connectivity index (χ2v) is 3.51. The van der Waals surface area contributed by atoms with Gasteiger partial charge in [-0.05, 0) is 31.2 Å². The standard InChI is InChI=1S/C11H16N4O2/c12-6-2-5-10(16)14-8-3-1-4-9(7-8)15-11(13)17/h1,3-4,7H,2,5-6,12H2,(H,14,16)(H3,13,15,17). The van der Waals surface area contributed by atoms with E-state index in [1.54, 1.807) is 24.3 Å². The smallest absolute Gasteiger partial charge is 0.316 e. The van der Waals surface area contributed by atoms with Crippen LogP contribution in [0, 0.1) is 0 Å². The first-order chi connectivity index (χ1) is 8.11. The zero-order chi connectivity index (χ0) is 12.7. The van der Waals surface area contributed by atoms with Crippen LogP contribution in [-0.4, -0.2) is 18.5 Å². The van der Waals surface area contributed by atoms with Gasteiger partial charge in [-0.3, -0.25) is 4.79 Å². The van der Waals surface area contributed by atoms with Crippen LogP contribution in [0.4, 0.5) is 16.2 Å². The van der Waals surface area contributed by atoms with Crippen LogP contribution in [0.3, 0.4) is 0 Å². The summed E-state index contributed by atoms with van der Waals surface area (Å²) in [5, 5.41) is 5.13. The molecule has 1 aromatic rings. The first-order valence-corrected chi connectivity index (χ1v) is 5.28. The largest absolute Gasteiger partial charge is 0.351 e. The number of anilines is 2. The Morgan fingerprint density at radius 2 is 1.82 bits per heavy atom. The number of benzene rings is 1. The Hall–Kier alpha value is -2.08. The quantitative estimate of drug-likeness (QED) is 0.608. The molecule has 0 aliphatic carbocycles. The summed E-state index contributed by atoms with van der Waals surface area (Å²) in [4.78, 5) is 22.1. The Morgan fingerprint density at radius 1 is 1.18 bits per heavy atom. The van der Waals surface area contributed by atoms with Crippen molar-refractivity contribution in [2.45, 2.75) is 12.8 Å². The molecule has 0 aliphatic heterocycles. The van der Waals surface area contributed by atoms with Crippen LogP contribution < -0.4 is 22.1 Å². The Labute approximate surface area is 99.4 Å². The van der Waals surface area contributed by atoms with Gasteiger partial charge in [0.25, 0.3) is 0 Å². The maximum atomic E-state index is 11.4. The van der Waals surface area contributed by atoms with Crippen molar-refractivity contribution in [3.63, 3.8) is 0 Å². The molecule has 0 radical (unpaired) electrons. The zero-order valence-electron chi connectivity index (χ0n) is 9.40. The van der Waals surface area contributed by atoms with E-state index in [1.807, 2.05) is 0 Å². The molecule has 3 amide bonds. The summed E-state index contributed by atoms with van der Waals surface area (Å²) in [7, 11) is 0. The van der Waals surface area contributed by atoms with Gasteiger partial charge in [-0.1, -0.05) is 6.07 Å². The number of hydrogen-bond acceptors (Lipinski definition) is 3. The lowest BCUT2D eigenvalue weighted by atomic mass is 10.2. The van der Waals surface area contributed by atoms with Gasteiger partial charge in [0.15, 0.2) is 0 Å². The number of amides is 3. The molecule has 6 N–H and O–H groups in total. The highest BCUT2D eigenvalue weighted by atomic mass is 16.2. The number of rotatable bonds is 5. The summed E-state index contributed by atoms with van der Waals surface area (Å²) in [6.07, 6.45) is 1.02. The average molecular weight is 236 g/mol. The lowest BCUT2D eigenvalue weighted by Crippen LogP contribution is -2.19. The first-order valence-electron chi connectivity index (χ1n) is 5.28. The zero-order valence-corrected chi connectivity index (χ0v) is 9.40. The maximum absolute atomic E-state index is 11.4. The molecular weight excluding hydrogens is 220 g/mol. The predicted molar refractivity (Wildman–Crippen MR) is 66.6 cm³/mol. The Kier molecular flexibility index (Phi) is 4.96. The van der Waals surface area contributed by atoms with E-state index in [-0.39, 0.29) is 5.91 Å². The molecule has 0 unspecified atom stereocenters. The van der Waals surface area contributed by atoms with Crippen molar-refractivity contribution < 1.29 is 9.59 Å². The highest BCUT2D eigenvalue weighted by molar-refractivity contribution is 5.93. The van der Waals surface area contributed by atoms with Crippen molar-refractivity contribution in [3.8, 4) is 0 Å². The Morgan fingerprint density at radius 3 is 2.41 bits per heavy atom. The fraction of sp³-hybridized carbons (Fsp3) is 0.273. The van der Waals surface area contributed by atoms with E-state index in [4.69, 9.17) is 11.5 Å². The van der Waals surface area contributed by atoms with Gasteiger partial charge in [0.05, 0.1) is 0 Å². The lowest BCUT2D eigenvalue weighted by Gasteiger charge is -2.07. The van der Waals surface area contributed by atoms with Crippen LogP contribution in [-0.2, 0) is 4.79 Å². The third-order valence-electron chi connectivity index (χ3n) is 2.02. The van der Waals surface area contributed by atoms with Crippen LogP contribution in [0.15, 0.2) is 24.3 Å². The monoisotopic (exact) mass is 236 g/mol. The van der Waals surface area contributed by atoms with Gasteiger partial charge >= 0.3 is 6.03 Å². The summed E-state index contributed by atoms with van der Waals surface area (Å²) >= 11 is 0. The number of hydrogen-bond donors (Lipinski definition) is 4. The molecule has 0 aromatic heterocycles. The molecule has 0 fully saturated rings. The van der Waals surface area contributed by atoms with Gasteiger partial charge < -0.3 is 22.1 Å². The average Bonchev–Trinajstić information content (AvgIpc) is 2.26. The predicted octanol–water partition coefficient (Wildman–Crippen LogP) is 0.855. The van der Waals surface area contributed by atoms with E-state index in [0.29, 0.717) is 30.8 Å². The fourth-order valence-electron chi connectivity index (χ4n) is 1.30. The minimum atomic E-state index is -0.642. The highest BCUT2D eigenvalue weighted by Crippen LogP contribution is 2.15. The van der Waals surface area contributed by atoms with Crippen molar-refractivity contribution in [2.24, 2.45) is 11.5 Å². The molecule has 6 nitrogen and oxygen atoms in total. The van der Waals surface area contributed by atoms with E-state index in [0.717, 1.165) is 0 Å². The van der Waals surface area contributed by atoms with Crippen molar-refractivity contribution in [2.75, 3.05) is 17.2 Å². The Bertz CT molecular complexity index is 406. The Balaban J connectivity index is 2.59. The number of nitrogens with two attached hydrogens (primary N) is 2. The summed E-state index contributed by atoms with van der Waals surface area (Å²) in [5.41, 5.74) is 11.4. The van der Waals surface area contributed by atoms with E-state index < -0.39 is 6.03 Å². The summed E-state index contributed by atoms with van der Waals surface area (Å²) in [5.74, 6) is -0.105. The molecule has 92 valence electrons. The normalized spacial score (nSPS) is 9.71. The van der Waals surface area contributed by atoms with E-state index in [2.05, 4.69) is 10.6 Å². The van der Waals surface area contributed by atoms with Crippen molar-refractivity contribution in [1.29, 1.82) is 0 Å². The van der Waals surface area contributed by atoms with Gasteiger partial charge in [0, 0.05) is 17.8 Å².